The third kappa shape index (κ3) is 4.66. The quantitative estimate of drug-likeness (QED) is 0.521. The highest BCUT2D eigenvalue weighted by molar-refractivity contribution is 7.89. The van der Waals surface area contributed by atoms with Gasteiger partial charge >= 0.3 is 6.03 Å². The van der Waals surface area contributed by atoms with E-state index in [0.29, 0.717) is 18.5 Å². The van der Waals surface area contributed by atoms with Crippen LogP contribution in [0.1, 0.15) is 24.1 Å². The second-order valence-electron chi connectivity index (χ2n) is 6.35. The minimum atomic E-state index is -3.78. The van der Waals surface area contributed by atoms with Crippen LogP contribution in [-0.4, -0.2) is 26.0 Å². The minimum absolute atomic E-state index is 0.0217. The standard InChI is InChI=1S/C19H22N4O3S/c1-13(14-5-4-6-16(11-14)27(20,25)26)23-19(24)21-10-9-15-12-22-18-8-3-2-7-17(15)18/h2-8,11-13,22H,9-10H2,1H3,(H2,20,25,26)(H2,21,23,24). The molecule has 2 amide bonds. The van der Waals surface area contributed by atoms with E-state index in [2.05, 4.69) is 15.6 Å². The van der Waals surface area contributed by atoms with E-state index in [1.54, 1.807) is 19.1 Å². The highest BCUT2D eigenvalue weighted by Crippen LogP contribution is 2.18. The van der Waals surface area contributed by atoms with Crippen LogP contribution in [0.15, 0.2) is 59.6 Å². The number of nitrogens with one attached hydrogen (secondary N) is 3. The van der Waals surface area contributed by atoms with E-state index in [0.717, 1.165) is 16.5 Å². The summed E-state index contributed by atoms with van der Waals surface area (Å²) in [6.07, 6.45) is 2.65. The Morgan fingerprint density at radius 3 is 2.74 bits per heavy atom. The highest BCUT2D eigenvalue weighted by atomic mass is 32.2. The summed E-state index contributed by atoms with van der Waals surface area (Å²) in [7, 11) is -3.78. The minimum Gasteiger partial charge on any atom is -0.361 e. The van der Waals surface area contributed by atoms with Gasteiger partial charge in [-0.25, -0.2) is 18.4 Å². The lowest BCUT2D eigenvalue weighted by Gasteiger charge is -2.15. The average Bonchev–Trinajstić information content (AvgIpc) is 3.04. The molecule has 0 aliphatic heterocycles. The summed E-state index contributed by atoms with van der Waals surface area (Å²) >= 11 is 0. The zero-order chi connectivity index (χ0) is 19.4. The lowest BCUT2D eigenvalue weighted by Crippen LogP contribution is -2.38. The number of aromatic nitrogens is 1. The van der Waals surface area contributed by atoms with Crippen molar-refractivity contribution >= 4 is 27.0 Å². The molecule has 1 aromatic heterocycles. The van der Waals surface area contributed by atoms with Gasteiger partial charge in [0.15, 0.2) is 0 Å². The normalized spacial score (nSPS) is 12.7. The number of para-hydroxylation sites is 1. The number of hydrogen-bond donors (Lipinski definition) is 4. The third-order valence-electron chi connectivity index (χ3n) is 4.39. The number of hydrogen-bond acceptors (Lipinski definition) is 3. The number of sulfonamides is 1. The predicted molar refractivity (Wildman–Crippen MR) is 105 cm³/mol. The number of primary sulfonamides is 1. The van der Waals surface area contributed by atoms with Gasteiger partial charge in [-0.1, -0.05) is 30.3 Å². The molecule has 0 aliphatic carbocycles. The Bertz CT molecular complexity index is 1060. The molecule has 1 atom stereocenters. The first-order valence-corrected chi connectivity index (χ1v) is 10.1. The van der Waals surface area contributed by atoms with Gasteiger partial charge in [-0.05, 0) is 42.7 Å². The Hall–Kier alpha value is -2.84. The van der Waals surface area contributed by atoms with Crippen LogP contribution in [0, 0.1) is 0 Å². The molecule has 0 saturated carbocycles. The number of nitrogens with two attached hydrogens (primary N) is 1. The molecule has 27 heavy (non-hydrogen) atoms. The molecule has 1 unspecified atom stereocenters. The largest absolute Gasteiger partial charge is 0.361 e. The van der Waals surface area contributed by atoms with E-state index in [1.165, 1.54) is 12.1 Å². The lowest BCUT2D eigenvalue weighted by atomic mass is 10.1. The lowest BCUT2D eigenvalue weighted by molar-refractivity contribution is 0.238. The van der Waals surface area contributed by atoms with Crippen LogP contribution in [-0.2, 0) is 16.4 Å². The molecule has 3 aromatic rings. The Morgan fingerprint density at radius 2 is 1.96 bits per heavy atom. The molecule has 142 valence electrons. The zero-order valence-corrected chi connectivity index (χ0v) is 15.7. The Balaban J connectivity index is 1.55. The van der Waals surface area contributed by atoms with Crippen molar-refractivity contribution in [1.82, 2.24) is 15.6 Å². The molecular formula is C19H22N4O3S. The first-order valence-electron chi connectivity index (χ1n) is 8.57. The molecule has 0 spiro atoms. The predicted octanol–water partition coefficient (Wildman–Crippen LogP) is 2.42. The molecule has 2 aromatic carbocycles. The molecule has 0 fully saturated rings. The molecule has 0 aliphatic rings. The summed E-state index contributed by atoms with van der Waals surface area (Å²) in [5.41, 5.74) is 2.87. The summed E-state index contributed by atoms with van der Waals surface area (Å²) in [6.45, 7) is 2.26. The molecule has 0 saturated heterocycles. The van der Waals surface area contributed by atoms with Gasteiger partial charge in [-0.3, -0.25) is 0 Å². The molecule has 1 heterocycles. The van der Waals surface area contributed by atoms with Gasteiger partial charge in [-0.15, -0.1) is 0 Å². The van der Waals surface area contributed by atoms with Gasteiger partial charge in [0.25, 0.3) is 0 Å². The average molecular weight is 386 g/mol. The smallest absolute Gasteiger partial charge is 0.315 e. The van der Waals surface area contributed by atoms with E-state index in [1.807, 2.05) is 30.5 Å². The van der Waals surface area contributed by atoms with Gasteiger partial charge in [0.2, 0.25) is 10.0 Å². The van der Waals surface area contributed by atoms with E-state index in [9.17, 15) is 13.2 Å². The Morgan fingerprint density at radius 1 is 1.19 bits per heavy atom. The number of benzene rings is 2. The summed E-state index contributed by atoms with van der Waals surface area (Å²) in [4.78, 5) is 15.4. The van der Waals surface area contributed by atoms with Crippen LogP contribution < -0.4 is 15.8 Å². The maximum Gasteiger partial charge on any atom is 0.315 e. The van der Waals surface area contributed by atoms with Gasteiger partial charge in [0.05, 0.1) is 10.9 Å². The molecule has 5 N–H and O–H groups in total. The van der Waals surface area contributed by atoms with Crippen LogP contribution in [0.25, 0.3) is 10.9 Å². The number of amides is 2. The summed E-state index contributed by atoms with van der Waals surface area (Å²) in [6, 6.07) is 13.6. The van der Waals surface area contributed by atoms with Crippen LogP contribution >= 0.6 is 0 Å². The molecule has 7 nitrogen and oxygen atoms in total. The number of aromatic amines is 1. The maximum absolute atomic E-state index is 12.1. The van der Waals surface area contributed by atoms with Crippen molar-refractivity contribution in [3.63, 3.8) is 0 Å². The van der Waals surface area contributed by atoms with E-state index >= 15 is 0 Å². The van der Waals surface area contributed by atoms with Crippen LogP contribution in [0.5, 0.6) is 0 Å². The van der Waals surface area contributed by atoms with Gasteiger partial charge in [0.1, 0.15) is 0 Å². The topological polar surface area (TPSA) is 117 Å². The van der Waals surface area contributed by atoms with Crippen molar-refractivity contribution in [3.05, 3.63) is 65.9 Å². The number of carbonyl (C=O) groups is 1. The SMILES string of the molecule is CC(NC(=O)NCCc1c[nH]c2ccccc12)c1cccc(S(N)(=O)=O)c1. The zero-order valence-electron chi connectivity index (χ0n) is 14.9. The fourth-order valence-electron chi connectivity index (χ4n) is 2.94. The van der Waals surface area contributed by atoms with Crippen molar-refractivity contribution in [2.24, 2.45) is 5.14 Å². The molecule has 0 bridgehead atoms. The van der Waals surface area contributed by atoms with Gasteiger partial charge in [-0.2, -0.15) is 0 Å². The number of urea groups is 1. The third-order valence-corrected chi connectivity index (χ3v) is 5.30. The number of H-pyrrole nitrogens is 1. The summed E-state index contributed by atoms with van der Waals surface area (Å²) in [5.74, 6) is 0. The van der Waals surface area contributed by atoms with E-state index in [4.69, 9.17) is 5.14 Å². The first kappa shape index (κ1) is 18.9. The van der Waals surface area contributed by atoms with Crippen molar-refractivity contribution in [3.8, 4) is 0 Å². The molecule has 0 radical (unpaired) electrons. The van der Waals surface area contributed by atoms with Crippen molar-refractivity contribution in [2.75, 3.05) is 6.54 Å². The van der Waals surface area contributed by atoms with E-state index < -0.39 is 10.0 Å². The molecule has 3 rings (SSSR count). The second-order valence-corrected chi connectivity index (χ2v) is 7.91. The Labute approximate surface area is 158 Å². The second kappa shape index (κ2) is 7.81. The summed E-state index contributed by atoms with van der Waals surface area (Å²) in [5, 5.41) is 11.9. The van der Waals surface area contributed by atoms with Crippen LogP contribution in [0.3, 0.4) is 0 Å². The van der Waals surface area contributed by atoms with E-state index in [-0.39, 0.29) is 17.0 Å². The number of fused-ring (bicyclic) bond motifs is 1. The van der Waals surface area contributed by atoms with Crippen molar-refractivity contribution in [1.29, 1.82) is 0 Å². The highest BCUT2D eigenvalue weighted by Gasteiger charge is 2.13. The first-order chi connectivity index (χ1) is 12.8. The van der Waals surface area contributed by atoms with Crippen molar-refractivity contribution < 1.29 is 13.2 Å². The van der Waals surface area contributed by atoms with Crippen molar-refractivity contribution in [2.45, 2.75) is 24.3 Å². The number of rotatable bonds is 6. The molecule has 8 heteroatoms. The molecular weight excluding hydrogens is 364 g/mol. The Kier molecular flexibility index (Phi) is 5.48. The number of carbonyl (C=O) groups excluding carboxylic acids is 1. The fraction of sp³-hybridized carbons (Fsp3) is 0.211. The van der Waals surface area contributed by atoms with Gasteiger partial charge < -0.3 is 15.6 Å². The fourth-order valence-corrected chi connectivity index (χ4v) is 3.51. The maximum atomic E-state index is 12.1. The van der Waals surface area contributed by atoms with Crippen LogP contribution in [0.2, 0.25) is 0 Å². The monoisotopic (exact) mass is 386 g/mol. The van der Waals surface area contributed by atoms with Gasteiger partial charge in [0, 0.05) is 23.6 Å². The van der Waals surface area contributed by atoms with Crippen LogP contribution in [0.4, 0.5) is 4.79 Å². The summed E-state index contributed by atoms with van der Waals surface area (Å²) < 4.78 is 22.9.